The van der Waals surface area contributed by atoms with Crippen molar-refractivity contribution in [3.63, 3.8) is 0 Å². The molecule has 0 radical (unpaired) electrons. The zero-order valence-corrected chi connectivity index (χ0v) is 19.0. The van der Waals surface area contributed by atoms with Crippen LogP contribution in [0.4, 0.5) is 0 Å². The van der Waals surface area contributed by atoms with E-state index in [1.807, 2.05) is 41.0 Å². The lowest BCUT2D eigenvalue weighted by Crippen LogP contribution is -2.39. The van der Waals surface area contributed by atoms with Crippen LogP contribution in [-0.2, 0) is 4.79 Å². The molecule has 1 fully saturated rings. The first-order valence-corrected chi connectivity index (χ1v) is 11.8. The second kappa shape index (κ2) is 10.0. The molecule has 1 aliphatic carbocycles. The highest BCUT2D eigenvalue weighted by Crippen LogP contribution is 2.33. The van der Waals surface area contributed by atoms with Crippen molar-refractivity contribution in [3.8, 4) is 17.1 Å². The maximum atomic E-state index is 12.5. The van der Waals surface area contributed by atoms with Crippen molar-refractivity contribution in [3.05, 3.63) is 58.6 Å². The lowest BCUT2D eigenvalue weighted by molar-refractivity contribution is -0.119. The number of aliphatic hydroxyl groups excluding tert-OH is 1. The molecule has 1 aliphatic rings. The Morgan fingerprint density at radius 2 is 1.84 bits per heavy atom. The van der Waals surface area contributed by atoms with Crippen LogP contribution in [0.15, 0.2) is 53.7 Å². The predicted octanol–water partition coefficient (Wildman–Crippen LogP) is 4.75. The van der Waals surface area contributed by atoms with Crippen molar-refractivity contribution < 1.29 is 9.90 Å². The van der Waals surface area contributed by atoms with E-state index in [0.29, 0.717) is 26.6 Å². The van der Waals surface area contributed by atoms with Crippen LogP contribution in [-0.4, -0.2) is 43.7 Å². The number of nitrogens with zero attached hydrogens (tertiary/aromatic N) is 3. The molecule has 4 rings (SSSR count). The van der Waals surface area contributed by atoms with Crippen LogP contribution in [0.3, 0.4) is 0 Å². The zero-order chi connectivity index (χ0) is 21.8. The van der Waals surface area contributed by atoms with E-state index >= 15 is 0 Å². The number of aromatic nitrogens is 3. The maximum absolute atomic E-state index is 12.5. The molecule has 0 spiro atoms. The third kappa shape index (κ3) is 5.41. The number of carbonyl (C=O) groups is 1. The Bertz CT molecular complexity index is 1050. The third-order valence-electron chi connectivity index (χ3n) is 5.21. The van der Waals surface area contributed by atoms with Gasteiger partial charge < -0.3 is 10.4 Å². The Kier molecular flexibility index (Phi) is 7.17. The molecule has 1 saturated carbocycles. The molecule has 1 heterocycles. The molecule has 1 amide bonds. The van der Waals surface area contributed by atoms with Crippen LogP contribution in [0.25, 0.3) is 17.1 Å². The van der Waals surface area contributed by atoms with Gasteiger partial charge in [-0.15, -0.1) is 10.2 Å². The Morgan fingerprint density at radius 1 is 1.10 bits per heavy atom. The second-order valence-corrected chi connectivity index (χ2v) is 9.25. The zero-order valence-electron chi connectivity index (χ0n) is 16.7. The molecule has 2 N–H and O–H groups in total. The number of carbonyl (C=O) groups excluding carboxylic acids is 1. The maximum Gasteiger partial charge on any atom is 0.230 e. The molecule has 0 unspecified atom stereocenters. The Hall–Kier alpha value is -2.06. The molecule has 3 aromatic rings. The summed E-state index contributed by atoms with van der Waals surface area (Å²) in [5.41, 5.74) is 1.58. The summed E-state index contributed by atoms with van der Waals surface area (Å²) in [5, 5.41) is 23.0. The highest BCUT2D eigenvalue weighted by atomic mass is 35.5. The fourth-order valence-electron chi connectivity index (χ4n) is 3.64. The van der Waals surface area contributed by atoms with Gasteiger partial charge in [0.1, 0.15) is 0 Å². The average Bonchev–Trinajstić information content (AvgIpc) is 3.18. The van der Waals surface area contributed by atoms with E-state index in [0.717, 1.165) is 31.4 Å². The van der Waals surface area contributed by atoms with Crippen molar-refractivity contribution in [2.75, 3.05) is 5.75 Å². The smallest absolute Gasteiger partial charge is 0.230 e. The fourth-order valence-corrected chi connectivity index (χ4v) is 4.89. The highest BCUT2D eigenvalue weighted by Gasteiger charge is 2.22. The first-order chi connectivity index (χ1) is 15.0. The Labute approximate surface area is 195 Å². The number of hydrogen-bond acceptors (Lipinski definition) is 5. The van der Waals surface area contributed by atoms with Gasteiger partial charge in [0.25, 0.3) is 0 Å². The molecule has 31 heavy (non-hydrogen) atoms. The summed E-state index contributed by atoms with van der Waals surface area (Å²) in [4.78, 5) is 12.5. The summed E-state index contributed by atoms with van der Waals surface area (Å²) in [6.07, 6.45) is 2.82. The van der Waals surface area contributed by atoms with Crippen molar-refractivity contribution in [1.82, 2.24) is 20.1 Å². The number of aliphatic hydroxyl groups is 1. The number of hydrogen-bond donors (Lipinski definition) is 2. The summed E-state index contributed by atoms with van der Waals surface area (Å²) in [5.74, 6) is 0.746. The van der Waals surface area contributed by atoms with Crippen molar-refractivity contribution >= 4 is 40.9 Å². The van der Waals surface area contributed by atoms with Crippen molar-refractivity contribution in [2.24, 2.45) is 0 Å². The van der Waals surface area contributed by atoms with E-state index < -0.39 is 0 Å². The molecule has 2 aromatic carbocycles. The van der Waals surface area contributed by atoms with Gasteiger partial charge in [-0.1, -0.05) is 53.2 Å². The van der Waals surface area contributed by atoms with E-state index in [9.17, 15) is 9.90 Å². The molecular formula is C22H22Cl2N4O2S. The van der Waals surface area contributed by atoms with Crippen LogP contribution in [0.1, 0.15) is 25.7 Å². The highest BCUT2D eigenvalue weighted by molar-refractivity contribution is 7.99. The number of benzene rings is 2. The molecule has 6 nitrogen and oxygen atoms in total. The lowest BCUT2D eigenvalue weighted by atomic mass is 9.93. The second-order valence-electron chi connectivity index (χ2n) is 7.46. The van der Waals surface area contributed by atoms with Crippen LogP contribution < -0.4 is 5.32 Å². The van der Waals surface area contributed by atoms with Crippen molar-refractivity contribution in [1.29, 1.82) is 0 Å². The Morgan fingerprint density at radius 3 is 2.55 bits per heavy atom. The number of thioether (sulfide) groups is 1. The lowest BCUT2D eigenvalue weighted by Gasteiger charge is -2.26. The molecule has 0 bridgehead atoms. The van der Waals surface area contributed by atoms with E-state index in [1.165, 1.54) is 11.8 Å². The minimum atomic E-state index is -0.245. The summed E-state index contributed by atoms with van der Waals surface area (Å²) in [7, 11) is 0. The summed E-state index contributed by atoms with van der Waals surface area (Å²) >= 11 is 13.8. The third-order valence-corrected chi connectivity index (χ3v) is 6.69. The first-order valence-electron chi connectivity index (χ1n) is 10.1. The largest absolute Gasteiger partial charge is 0.393 e. The van der Waals surface area contributed by atoms with Crippen LogP contribution >= 0.6 is 35.0 Å². The minimum Gasteiger partial charge on any atom is -0.393 e. The van der Waals surface area contributed by atoms with E-state index in [-0.39, 0.29) is 23.8 Å². The summed E-state index contributed by atoms with van der Waals surface area (Å²) in [6, 6.07) is 15.1. The molecule has 0 aliphatic heterocycles. The topological polar surface area (TPSA) is 80.0 Å². The molecule has 162 valence electrons. The first kappa shape index (κ1) is 22.1. The molecule has 0 atom stereocenters. The number of rotatable bonds is 6. The monoisotopic (exact) mass is 476 g/mol. The summed E-state index contributed by atoms with van der Waals surface area (Å²) in [6.45, 7) is 0. The Balaban J connectivity index is 1.55. The van der Waals surface area contributed by atoms with Gasteiger partial charge in [-0.2, -0.15) is 0 Å². The number of nitrogens with one attached hydrogen (secondary N) is 1. The van der Waals surface area contributed by atoms with Gasteiger partial charge in [-0.05, 0) is 56.0 Å². The van der Waals surface area contributed by atoms with Crippen LogP contribution in [0.2, 0.25) is 10.0 Å². The van der Waals surface area contributed by atoms with E-state index in [2.05, 4.69) is 15.5 Å². The van der Waals surface area contributed by atoms with E-state index in [1.54, 1.807) is 12.1 Å². The number of para-hydroxylation sites is 1. The van der Waals surface area contributed by atoms with Gasteiger partial charge in [-0.25, -0.2) is 0 Å². The van der Waals surface area contributed by atoms with Gasteiger partial charge in [0.15, 0.2) is 11.0 Å². The van der Waals surface area contributed by atoms with Crippen LogP contribution in [0, 0.1) is 0 Å². The molecule has 0 saturated heterocycles. The van der Waals surface area contributed by atoms with Crippen LogP contribution in [0.5, 0.6) is 0 Å². The average molecular weight is 477 g/mol. The minimum absolute atomic E-state index is 0.0555. The van der Waals surface area contributed by atoms with Gasteiger partial charge in [0.05, 0.1) is 16.9 Å². The van der Waals surface area contributed by atoms with Gasteiger partial charge in [0, 0.05) is 22.3 Å². The quantitative estimate of drug-likeness (QED) is 0.501. The normalized spacial score (nSPS) is 18.7. The van der Waals surface area contributed by atoms with Gasteiger partial charge in [-0.3, -0.25) is 9.36 Å². The molecule has 9 heteroatoms. The summed E-state index contributed by atoms with van der Waals surface area (Å²) < 4.78 is 1.89. The predicted molar refractivity (Wildman–Crippen MR) is 124 cm³/mol. The number of amides is 1. The van der Waals surface area contributed by atoms with Gasteiger partial charge in [0.2, 0.25) is 5.91 Å². The molecular weight excluding hydrogens is 455 g/mol. The van der Waals surface area contributed by atoms with E-state index in [4.69, 9.17) is 23.2 Å². The number of halogens is 2. The van der Waals surface area contributed by atoms with Gasteiger partial charge >= 0.3 is 0 Å². The standard InChI is InChI=1S/C22H22Cl2N4O2S/c23-14-6-11-18(19(24)12-14)21-26-27-22(28(21)16-4-2-1-3-5-16)31-13-20(30)25-15-7-9-17(29)10-8-15/h1-6,11-12,15,17,29H,7-10,13H2,(H,25,30). The fraction of sp³-hybridized carbons (Fsp3) is 0.318. The molecule has 1 aromatic heterocycles. The van der Waals surface area contributed by atoms with Crippen molar-refractivity contribution in [2.45, 2.75) is 43.0 Å². The SMILES string of the molecule is O=C(CSc1nnc(-c2ccc(Cl)cc2Cl)n1-c1ccccc1)NC1CCC(O)CC1.